The molecule has 1 saturated heterocycles. The standard InChI is InChI=1S/C29H34N2O4Si/c1-6-13-23-24(34-27-25(23)35-28-30-26(32)20(2)18-31(27)28)19-33-36(29(3,4)5,21-14-9-7-10-15-21)22-16-11-8-12-17-22/h6-12,14-18,23-25,27H,1,13,19H2,2-5H3/t23?,24-,25?,27?/m1/s1. The maximum absolute atomic E-state index is 12.1. The van der Waals surface area contributed by atoms with Crippen molar-refractivity contribution >= 4 is 18.7 Å². The van der Waals surface area contributed by atoms with Gasteiger partial charge in [-0.1, -0.05) is 87.5 Å². The Morgan fingerprint density at radius 2 is 1.69 bits per heavy atom. The van der Waals surface area contributed by atoms with Crippen LogP contribution in [0.5, 0.6) is 6.01 Å². The van der Waals surface area contributed by atoms with Crippen molar-refractivity contribution in [2.45, 2.75) is 57.6 Å². The van der Waals surface area contributed by atoms with Crippen molar-refractivity contribution in [3.8, 4) is 6.01 Å². The van der Waals surface area contributed by atoms with Crippen LogP contribution in [-0.4, -0.2) is 36.7 Å². The highest BCUT2D eigenvalue weighted by molar-refractivity contribution is 6.99. The smallest absolute Gasteiger partial charge is 0.302 e. The van der Waals surface area contributed by atoms with Crippen molar-refractivity contribution in [2.24, 2.45) is 5.92 Å². The van der Waals surface area contributed by atoms with Gasteiger partial charge in [0.1, 0.15) is 0 Å². The van der Waals surface area contributed by atoms with Crippen LogP contribution in [0, 0.1) is 12.8 Å². The molecule has 1 aromatic heterocycles. The van der Waals surface area contributed by atoms with Gasteiger partial charge in [-0.2, -0.15) is 4.98 Å². The van der Waals surface area contributed by atoms with Gasteiger partial charge in [0.15, 0.2) is 12.3 Å². The maximum atomic E-state index is 12.1. The molecule has 2 aliphatic heterocycles. The monoisotopic (exact) mass is 502 g/mol. The highest BCUT2D eigenvalue weighted by Gasteiger charge is 2.54. The number of benzene rings is 2. The molecular weight excluding hydrogens is 468 g/mol. The molecule has 0 bridgehead atoms. The normalized spacial score (nSPS) is 23.1. The zero-order valence-electron chi connectivity index (χ0n) is 21.4. The van der Waals surface area contributed by atoms with Crippen molar-refractivity contribution in [3.63, 3.8) is 0 Å². The molecule has 2 aromatic carbocycles. The van der Waals surface area contributed by atoms with E-state index in [-0.39, 0.29) is 35.0 Å². The van der Waals surface area contributed by atoms with Crippen molar-refractivity contribution in [1.29, 1.82) is 0 Å². The second kappa shape index (κ2) is 9.46. The molecule has 7 heteroatoms. The SMILES string of the molecule is C=CCC1C2Oc3nc(=O)c(C)cn3C2O[C@@H]1CO[Si](c1ccccc1)(c1ccccc1)C(C)(C)C. The molecule has 0 aliphatic carbocycles. The molecule has 3 heterocycles. The van der Waals surface area contributed by atoms with E-state index in [1.54, 1.807) is 13.1 Å². The van der Waals surface area contributed by atoms with Crippen molar-refractivity contribution < 1.29 is 13.9 Å². The zero-order chi connectivity index (χ0) is 25.5. The second-order valence-corrected chi connectivity index (χ2v) is 15.0. The van der Waals surface area contributed by atoms with E-state index in [1.807, 2.05) is 22.8 Å². The van der Waals surface area contributed by atoms with Gasteiger partial charge in [0, 0.05) is 17.7 Å². The summed E-state index contributed by atoms with van der Waals surface area (Å²) in [4.78, 5) is 16.2. The molecule has 36 heavy (non-hydrogen) atoms. The Hall–Kier alpha value is -3.00. The molecule has 0 saturated carbocycles. The lowest BCUT2D eigenvalue weighted by Gasteiger charge is -2.43. The summed E-state index contributed by atoms with van der Waals surface area (Å²) in [7, 11) is -2.70. The van der Waals surface area contributed by atoms with Crippen LogP contribution < -0.4 is 20.7 Å². The fourth-order valence-electron chi connectivity index (χ4n) is 5.70. The fourth-order valence-corrected chi connectivity index (χ4v) is 10.3. The Balaban J connectivity index is 1.50. The lowest BCUT2D eigenvalue weighted by Crippen LogP contribution is -2.67. The van der Waals surface area contributed by atoms with E-state index in [0.29, 0.717) is 24.6 Å². The van der Waals surface area contributed by atoms with E-state index < -0.39 is 8.32 Å². The van der Waals surface area contributed by atoms with E-state index in [0.717, 1.165) is 0 Å². The minimum atomic E-state index is -2.70. The lowest BCUT2D eigenvalue weighted by atomic mass is 9.95. The molecule has 6 nitrogen and oxygen atoms in total. The number of rotatable bonds is 7. The summed E-state index contributed by atoms with van der Waals surface area (Å²) in [5, 5.41) is 2.35. The van der Waals surface area contributed by atoms with Crippen LogP contribution in [0.4, 0.5) is 0 Å². The van der Waals surface area contributed by atoms with E-state index in [4.69, 9.17) is 13.9 Å². The van der Waals surface area contributed by atoms with Crippen molar-refractivity contribution in [1.82, 2.24) is 9.55 Å². The van der Waals surface area contributed by atoms with Gasteiger partial charge in [0.2, 0.25) is 0 Å². The summed E-state index contributed by atoms with van der Waals surface area (Å²) >= 11 is 0. The highest BCUT2D eigenvalue weighted by Crippen LogP contribution is 2.45. The van der Waals surface area contributed by atoms with Gasteiger partial charge >= 0.3 is 6.01 Å². The molecule has 188 valence electrons. The van der Waals surface area contributed by atoms with Gasteiger partial charge in [-0.15, -0.1) is 6.58 Å². The van der Waals surface area contributed by atoms with Gasteiger partial charge in [0.25, 0.3) is 13.9 Å². The Bertz CT molecular complexity index is 1250. The topological polar surface area (TPSA) is 62.6 Å². The van der Waals surface area contributed by atoms with Gasteiger partial charge < -0.3 is 13.9 Å². The van der Waals surface area contributed by atoms with Crippen LogP contribution in [-0.2, 0) is 9.16 Å². The predicted octanol–water partition coefficient (Wildman–Crippen LogP) is 3.98. The first kappa shape index (κ1) is 24.7. The Morgan fingerprint density at radius 3 is 2.25 bits per heavy atom. The largest absolute Gasteiger partial charge is 0.456 e. The van der Waals surface area contributed by atoms with Gasteiger partial charge in [-0.05, 0) is 28.8 Å². The molecule has 3 aromatic rings. The summed E-state index contributed by atoms with van der Waals surface area (Å²) < 4.78 is 21.8. The molecule has 2 aliphatic rings. The van der Waals surface area contributed by atoms with E-state index in [9.17, 15) is 4.79 Å². The summed E-state index contributed by atoms with van der Waals surface area (Å²) in [6.07, 6.45) is 3.63. The molecule has 1 fully saturated rings. The first-order valence-corrected chi connectivity index (χ1v) is 14.4. The van der Waals surface area contributed by atoms with Gasteiger partial charge in [-0.3, -0.25) is 9.36 Å². The van der Waals surface area contributed by atoms with E-state index >= 15 is 0 Å². The summed E-state index contributed by atoms with van der Waals surface area (Å²) in [5.74, 6) is 0.0304. The summed E-state index contributed by atoms with van der Waals surface area (Å²) in [6, 6.07) is 21.6. The second-order valence-electron chi connectivity index (χ2n) is 10.7. The van der Waals surface area contributed by atoms with Crippen molar-refractivity contribution in [2.75, 3.05) is 6.61 Å². The number of nitrogens with zero attached hydrogens (tertiary/aromatic N) is 2. The number of fused-ring (bicyclic) bond motifs is 3. The number of ether oxygens (including phenoxy) is 2. The molecule has 5 rings (SSSR count). The molecule has 0 N–H and O–H groups in total. The number of aromatic nitrogens is 2. The van der Waals surface area contributed by atoms with E-state index in [2.05, 4.69) is 80.9 Å². The molecule has 3 unspecified atom stereocenters. The van der Waals surface area contributed by atoms with Crippen LogP contribution in [0.25, 0.3) is 0 Å². The third kappa shape index (κ3) is 4.05. The predicted molar refractivity (Wildman–Crippen MR) is 143 cm³/mol. The molecular formula is C29H34N2O4Si. The number of hydrogen-bond acceptors (Lipinski definition) is 5. The first-order valence-electron chi connectivity index (χ1n) is 12.5. The van der Waals surface area contributed by atoms with E-state index in [1.165, 1.54) is 10.4 Å². The molecule has 0 spiro atoms. The lowest BCUT2D eigenvalue weighted by molar-refractivity contribution is -0.0276. The Labute approximate surface area is 213 Å². The van der Waals surface area contributed by atoms with Crippen LogP contribution in [0.2, 0.25) is 5.04 Å². The third-order valence-electron chi connectivity index (χ3n) is 7.42. The number of hydrogen-bond donors (Lipinski definition) is 0. The molecule has 0 amide bonds. The van der Waals surface area contributed by atoms with Gasteiger partial charge in [0.05, 0.1) is 12.7 Å². The number of allylic oxidation sites excluding steroid dienone is 1. The van der Waals surface area contributed by atoms with Crippen LogP contribution in [0.15, 0.2) is 84.3 Å². The van der Waals surface area contributed by atoms with Crippen LogP contribution in [0.1, 0.15) is 39.0 Å². The zero-order valence-corrected chi connectivity index (χ0v) is 22.4. The minimum absolute atomic E-state index is 0.0304. The minimum Gasteiger partial charge on any atom is -0.456 e. The third-order valence-corrected chi connectivity index (χ3v) is 12.4. The Kier molecular flexibility index (Phi) is 6.49. The quantitative estimate of drug-likeness (QED) is 0.361. The molecule has 4 atom stereocenters. The average molecular weight is 503 g/mol. The first-order chi connectivity index (χ1) is 17.3. The van der Waals surface area contributed by atoms with Crippen LogP contribution in [0.3, 0.4) is 0 Å². The average Bonchev–Trinajstić information content (AvgIpc) is 3.36. The van der Waals surface area contributed by atoms with Crippen molar-refractivity contribution in [3.05, 3.63) is 95.4 Å². The number of aryl methyl sites for hydroxylation is 1. The highest BCUT2D eigenvalue weighted by atomic mass is 28.4. The fraction of sp³-hybridized carbons (Fsp3) is 0.379. The summed E-state index contributed by atoms with van der Waals surface area (Å²) in [5.41, 5.74) is 0.298. The molecule has 0 radical (unpaired) electrons. The Morgan fingerprint density at radius 1 is 1.08 bits per heavy atom. The maximum Gasteiger partial charge on any atom is 0.302 e. The summed E-state index contributed by atoms with van der Waals surface area (Å²) in [6.45, 7) is 13.0. The van der Waals surface area contributed by atoms with Crippen LogP contribution >= 0.6 is 0 Å². The van der Waals surface area contributed by atoms with Gasteiger partial charge in [-0.25, -0.2) is 0 Å².